The zero-order valence-corrected chi connectivity index (χ0v) is 7.09. The maximum atomic E-state index is 9.53. The van der Waals surface area contributed by atoms with Gasteiger partial charge >= 0.3 is 0 Å². The summed E-state index contributed by atoms with van der Waals surface area (Å²) in [5, 5.41) is 18.8. The molecule has 0 radical (unpaired) electrons. The van der Waals surface area contributed by atoms with E-state index < -0.39 is 11.7 Å². The van der Waals surface area contributed by atoms with Crippen LogP contribution in [0.3, 0.4) is 0 Å². The molecule has 2 N–H and O–H groups in total. The highest BCUT2D eigenvalue weighted by molar-refractivity contribution is 4.79. The summed E-state index contributed by atoms with van der Waals surface area (Å²) < 4.78 is 0. The van der Waals surface area contributed by atoms with Crippen LogP contribution in [0.1, 0.15) is 40.0 Å². The van der Waals surface area contributed by atoms with Crippen LogP contribution in [0, 0.1) is 0 Å². The summed E-state index contributed by atoms with van der Waals surface area (Å²) in [4.78, 5) is 0. The van der Waals surface area contributed by atoms with E-state index in [1.807, 2.05) is 13.8 Å². The number of rotatable bonds is 4. The van der Waals surface area contributed by atoms with Gasteiger partial charge in [-0.3, -0.25) is 0 Å². The van der Waals surface area contributed by atoms with Crippen molar-refractivity contribution < 1.29 is 10.2 Å². The Morgan fingerprint density at radius 3 is 2.20 bits per heavy atom. The Kier molecular flexibility index (Phi) is 3.91. The molecule has 0 spiro atoms. The summed E-state index contributed by atoms with van der Waals surface area (Å²) in [5.41, 5.74) is -0.885. The Balaban J connectivity index is 3.82. The highest BCUT2D eigenvalue weighted by Crippen LogP contribution is 2.18. The number of aliphatic hydroxyl groups is 2. The molecule has 0 aliphatic heterocycles. The van der Waals surface area contributed by atoms with Gasteiger partial charge < -0.3 is 10.2 Å². The fraction of sp³-hybridized carbons (Fsp3) is 1.00. The van der Waals surface area contributed by atoms with Gasteiger partial charge in [0.15, 0.2) is 0 Å². The van der Waals surface area contributed by atoms with E-state index in [0.29, 0.717) is 12.8 Å². The average molecular weight is 146 g/mol. The molecule has 10 heavy (non-hydrogen) atoms. The molecule has 62 valence electrons. The van der Waals surface area contributed by atoms with Crippen LogP contribution in [-0.4, -0.2) is 21.9 Å². The first-order valence-electron chi connectivity index (χ1n) is 3.95. The maximum Gasteiger partial charge on any atom is 0.0877 e. The molecule has 0 fully saturated rings. The fourth-order valence-corrected chi connectivity index (χ4v) is 1.11. The highest BCUT2D eigenvalue weighted by atomic mass is 16.3. The van der Waals surface area contributed by atoms with Crippen LogP contribution < -0.4 is 0 Å². The van der Waals surface area contributed by atoms with E-state index in [1.165, 1.54) is 0 Å². The van der Waals surface area contributed by atoms with Gasteiger partial charge in [0.25, 0.3) is 0 Å². The molecule has 2 nitrogen and oxygen atoms in total. The SMILES string of the molecule is CCCC(C)(O)C(O)CC. The van der Waals surface area contributed by atoms with Gasteiger partial charge in [-0.1, -0.05) is 20.3 Å². The summed E-state index contributed by atoms with van der Waals surface area (Å²) in [7, 11) is 0. The summed E-state index contributed by atoms with van der Waals surface area (Å²) in [6.07, 6.45) is 1.62. The lowest BCUT2D eigenvalue weighted by atomic mass is 9.92. The van der Waals surface area contributed by atoms with E-state index in [1.54, 1.807) is 6.92 Å². The summed E-state index contributed by atoms with van der Waals surface area (Å²) in [5.74, 6) is 0. The first-order chi connectivity index (χ1) is 4.54. The molecule has 0 bridgehead atoms. The third-order valence-corrected chi connectivity index (χ3v) is 1.86. The third kappa shape index (κ3) is 2.67. The topological polar surface area (TPSA) is 40.5 Å². The van der Waals surface area contributed by atoms with Crippen molar-refractivity contribution in [3.8, 4) is 0 Å². The Hall–Kier alpha value is -0.0800. The molecule has 2 unspecified atom stereocenters. The second-order valence-corrected chi connectivity index (χ2v) is 3.03. The molecule has 2 atom stereocenters. The minimum atomic E-state index is -0.885. The smallest absolute Gasteiger partial charge is 0.0877 e. The van der Waals surface area contributed by atoms with Crippen molar-refractivity contribution in [2.45, 2.75) is 51.7 Å². The van der Waals surface area contributed by atoms with Gasteiger partial charge in [0.1, 0.15) is 0 Å². The second-order valence-electron chi connectivity index (χ2n) is 3.03. The van der Waals surface area contributed by atoms with Crippen molar-refractivity contribution in [1.82, 2.24) is 0 Å². The molecule has 0 aliphatic carbocycles. The standard InChI is InChI=1S/C8H18O2/c1-4-6-8(3,10)7(9)5-2/h7,9-10H,4-6H2,1-3H3. The number of hydrogen-bond donors (Lipinski definition) is 2. The summed E-state index contributed by atoms with van der Waals surface area (Å²) in [6, 6.07) is 0. The minimum Gasteiger partial charge on any atom is -0.390 e. The minimum absolute atomic E-state index is 0.576. The van der Waals surface area contributed by atoms with Crippen LogP contribution in [0.25, 0.3) is 0 Å². The third-order valence-electron chi connectivity index (χ3n) is 1.86. The quantitative estimate of drug-likeness (QED) is 0.627. The van der Waals surface area contributed by atoms with Crippen LogP contribution in [-0.2, 0) is 0 Å². The molecule has 0 aromatic heterocycles. The van der Waals surface area contributed by atoms with E-state index in [4.69, 9.17) is 0 Å². The lowest BCUT2D eigenvalue weighted by molar-refractivity contribution is -0.0682. The normalized spacial score (nSPS) is 20.1. The largest absolute Gasteiger partial charge is 0.390 e. The molecule has 0 saturated heterocycles. The van der Waals surface area contributed by atoms with Gasteiger partial charge in [-0.2, -0.15) is 0 Å². The van der Waals surface area contributed by atoms with E-state index >= 15 is 0 Å². The van der Waals surface area contributed by atoms with E-state index in [-0.39, 0.29) is 0 Å². The van der Waals surface area contributed by atoms with Crippen molar-refractivity contribution in [2.24, 2.45) is 0 Å². The molecule has 0 saturated carbocycles. The Bertz CT molecular complexity index is 89.3. The Morgan fingerprint density at radius 1 is 1.40 bits per heavy atom. The lowest BCUT2D eigenvalue weighted by Gasteiger charge is -2.27. The van der Waals surface area contributed by atoms with E-state index in [0.717, 1.165) is 6.42 Å². The summed E-state index contributed by atoms with van der Waals surface area (Å²) in [6.45, 7) is 5.55. The number of aliphatic hydroxyl groups excluding tert-OH is 1. The Labute approximate surface area is 62.9 Å². The first kappa shape index (κ1) is 9.92. The van der Waals surface area contributed by atoms with Gasteiger partial charge in [-0.25, -0.2) is 0 Å². The molecular formula is C8H18O2. The molecule has 0 aromatic rings. The first-order valence-corrected chi connectivity index (χ1v) is 3.95. The maximum absolute atomic E-state index is 9.53. The molecule has 0 aliphatic rings. The lowest BCUT2D eigenvalue weighted by Crippen LogP contribution is -2.38. The molecule has 0 aromatic carbocycles. The van der Waals surface area contributed by atoms with Gasteiger partial charge in [0.05, 0.1) is 11.7 Å². The Morgan fingerprint density at radius 2 is 1.90 bits per heavy atom. The fourth-order valence-electron chi connectivity index (χ4n) is 1.11. The van der Waals surface area contributed by atoms with Crippen molar-refractivity contribution in [3.05, 3.63) is 0 Å². The summed E-state index contributed by atoms with van der Waals surface area (Å²) >= 11 is 0. The zero-order valence-electron chi connectivity index (χ0n) is 7.09. The molecule has 0 amide bonds. The molecule has 2 heteroatoms. The van der Waals surface area contributed by atoms with Crippen LogP contribution in [0.5, 0.6) is 0 Å². The number of hydrogen-bond acceptors (Lipinski definition) is 2. The van der Waals surface area contributed by atoms with Gasteiger partial charge in [-0.15, -0.1) is 0 Å². The monoisotopic (exact) mass is 146 g/mol. The molecule has 0 rings (SSSR count). The van der Waals surface area contributed by atoms with Gasteiger partial charge in [-0.05, 0) is 19.8 Å². The van der Waals surface area contributed by atoms with Crippen LogP contribution in [0.4, 0.5) is 0 Å². The van der Waals surface area contributed by atoms with Crippen LogP contribution in [0.15, 0.2) is 0 Å². The van der Waals surface area contributed by atoms with Crippen molar-refractivity contribution in [3.63, 3.8) is 0 Å². The van der Waals surface area contributed by atoms with Crippen LogP contribution in [0.2, 0.25) is 0 Å². The van der Waals surface area contributed by atoms with E-state index in [2.05, 4.69) is 0 Å². The van der Waals surface area contributed by atoms with E-state index in [9.17, 15) is 10.2 Å². The van der Waals surface area contributed by atoms with Crippen molar-refractivity contribution in [1.29, 1.82) is 0 Å². The predicted octanol–water partition coefficient (Wildman–Crippen LogP) is 1.31. The van der Waals surface area contributed by atoms with Crippen molar-refractivity contribution >= 4 is 0 Å². The second kappa shape index (κ2) is 3.94. The zero-order chi connectivity index (χ0) is 8.20. The highest BCUT2D eigenvalue weighted by Gasteiger charge is 2.27. The average Bonchev–Trinajstić information content (AvgIpc) is 1.86. The molecule has 0 heterocycles. The van der Waals surface area contributed by atoms with Gasteiger partial charge in [0.2, 0.25) is 0 Å². The predicted molar refractivity (Wildman–Crippen MR) is 41.8 cm³/mol. The van der Waals surface area contributed by atoms with Crippen molar-refractivity contribution in [2.75, 3.05) is 0 Å². The van der Waals surface area contributed by atoms with Crippen LogP contribution >= 0.6 is 0 Å². The molecular weight excluding hydrogens is 128 g/mol. The van der Waals surface area contributed by atoms with Gasteiger partial charge in [0, 0.05) is 0 Å².